The summed E-state index contributed by atoms with van der Waals surface area (Å²) in [5, 5.41) is 3.38. The van der Waals surface area contributed by atoms with Crippen LogP contribution in [-0.2, 0) is 9.53 Å². The lowest BCUT2D eigenvalue weighted by Gasteiger charge is -2.31. The van der Waals surface area contributed by atoms with Gasteiger partial charge in [0.2, 0.25) is 0 Å². The van der Waals surface area contributed by atoms with Gasteiger partial charge in [-0.2, -0.15) is 0 Å². The molecule has 0 spiro atoms. The molecule has 15 heavy (non-hydrogen) atoms. The van der Waals surface area contributed by atoms with Gasteiger partial charge in [0, 0.05) is 5.54 Å². The van der Waals surface area contributed by atoms with Crippen LogP contribution in [0.2, 0.25) is 0 Å². The van der Waals surface area contributed by atoms with Gasteiger partial charge in [-0.15, -0.1) is 0 Å². The third-order valence-electron chi connectivity index (χ3n) is 2.30. The van der Waals surface area contributed by atoms with Gasteiger partial charge in [-0.1, -0.05) is 20.8 Å². The maximum atomic E-state index is 11.5. The summed E-state index contributed by atoms with van der Waals surface area (Å²) in [5.41, 5.74) is -0.130. The van der Waals surface area contributed by atoms with Crippen LogP contribution in [0, 0.1) is 5.92 Å². The van der Waals surface area contributed by atoms with Gasteiger partial charge in [0.25, 0.3) is 0 Å². The molecule has 1 N–H and O–H groups in total. The fraction of sp³-hybridized carbons (Fsp3) is 0.917. The summed E-state index contributed by atoms with van der Waals surface area (Å²) < 4.78 is 4.99. The second-order valence-electron chi connectivity index (χ2n) is 4.67. The summed E-state index contributed by atoms with van der Waals surface area (Å²) in [7, 11) is 0. The summed E-state index contributed by atoms with van der Waals surface area (Å²) in [4.78, 5) is 11.5. The fourth-order valence-corrected chi connectivity index (χ4v) is 2.07. The highest BCUT2D eigenvalue weighted by molar-refractivity contribution is 5.70. The average molecular weight is 215 g/mol. The fourth-order valence-electron chi connectivity index (χ4n) is 2.07. The van der Waals surface area contributed by atoms with Crippen LogP contribution in [-0.4, -0.2) is 24.7 Å². The minimum absolute atomic E-state index is 0.110. The van der Waals surface area contributed by atoms with Crippen LogP contribution in [0.15, 0.2) is 0 Å². The van der Waals surface area contributed by atoms with Crippen LogP contribution in [0.25, 0.3) is 0 Å². The van der Waals surface area contributed by atoms with Crippen LogP contribution in [0.3, 0.4) is 0 Å². The average Bonchev–Trinajstić information content (AvgIpc) is 2.01. The lowest BCUT2D eigenvalue weighted by atomic mass is 9.87. The van der Waals surface area contributed by atoms with E-state index in [-0.39, 0.29) is 11.5 Å². The SMILES string of the molecule is CCNC(C)(CC(=O)OCC)CC(C)C. The van der Waals surface area contributed by atoms with Crippen molar-refractivity contribution in [3.05, 3.63) is 0 Å². The second kappa shape index (κ2) is 6.83. The minimum Gasteiger partial charge on any atom is -0.466 e. The highest BCUT2D eigenvalue weighted by atomic mass is 16.5. The Morgan fingerprint density at radius 3 is 2.40 bits per heavy atom. The van der Waals surface area contributed by atoms with Crippen molar-refractivity contribution < 1.29 is 9.53 Å². The maximum Gasteiger partial charge on any atom is 0.307 e. The van der Waals surface area contributed by atoms with Crippen molar-refractivity contribution in [3.8, 4) is 0 Å². The summed E-state index contributed by atoms with van der Waals surface area (Å²) in [5.74, 6) is 0.463. The number of esters is 1. The van der Waals surface area contributed by atoms with E-state index in [2.05, 4.69) is 33.0 Å². The first-order valence-corrected chi connectivity index (χ1v) is 5.84. The maximum absolute atomic E-state index is 11.5. The van der Waals surface area contributed by atoms with Gasteiger partial charge in [-0.05, 0) is 32.7 Å². The Hall–Kier alpha value is -0.570. The Labute approximate surface area is 93.6 Å². The molecule has 0 amide bonds. The van der Waals surface area contributed by atoms with Crippen LogP contribution in [0.5, 0.6) is 0 Å². The molecule has 3 nitrogen and oxygen atoms in total. The first-order valence-electron chi connectivity index (χ1n) is 5.84. The molecule has 0 aliphatic carbocycles. The Kier molecular flexibility index (Phi) is 6.57. The lowest BCUT2D eigenvalue weighted by Crippen LogP contribution is -2.45. The molecule has 0 rings (SSSR count). The second-order valence-corrected chi connectivity index (χ2v) is 4.67. The molecule has 3 heteroatoms. The molecule has 0 aliphatic rings. The smallest absolute Gasteiger partial charge is 0.307 e. The monoisotopic (exact) mass is 215 g/mol. The minimum atomic E-state index is -0.130. The normalized spacial score (nSPS) is 15.1. The van der Waals surface area contributed by atoms with E-state index in [0.29, 0.717) is 18.9 Å². The van der Waals surface area contributed by atoms with Gasteiger partial charge < -0.3 is 10.1 Å². The zero-order valence-corrected chi connectivity index (χ0v) is 10.7. The van der Waals surface area contributed by atoms with Crippen LogP contribution >= 0.6 is 0 Å². The number of nitrogens with one attached hydrogen (secondary N) is 1. The molecule has 0 heterocycles. The largest absolute Gasteiger partial charge is 0.466 e. The predicted molar refractivity (Wildman–Crippen MR) is 62.8 cm³/mol. The predicted octanol–water partition coefficient (Wildman–Crippen LogP) is 2.35. The molecule has 0 aliphatic heterocycles. The first-order chi connectivity index (χ1) is 6.93. The van der Waals surface area contributed by atoms with Crippen molar-refractivity contribution in [2.75, 3.05) is 13.2 Å². The van der Waals surface area contributed by atoms with E-state index < -0.39 is 0 Å². The summed E-state index contributed by atoms with van der Waals surface area (Å²) in [6, 6.07) is 0. The standard InChI is InChI=1S/C12H25NO2/c1-6-13-12(5,8-10(3)4)9-11(14)15-7-2/h10,13H,6-9H2,1-5H3. The number of hydrogen-bond acceptors (Lipinski definition) is 3. The Morgan fingerprint density at radius 2 is 2.00 bits per heavy atom. The number of ether oxygens (including phenoxy) is 1. The summed E-state index contributed by atoms with van der Waals surface area (Å²) in [6.45, 7) is 11.7. The molecule has 0 bridgehead atoms. The van der Waals surface area contributed by atoms with Crippen LogP contribution in [0.1, 0.15) is 47.5 Å². The van der Waals surface area contributed by atoms with Gasteiger partial charge in [-0.3, -0.25) is 4.79 Å². The van der Waals surface area contributed by atoms with Crippen molar-refractivity contribution in [1.82, 2.24) is 5.32 Å². The molecule has 0 saturated carbocycles. The quantitative estimate of drug-likeness (QED) is 0.662. The van der Waals surface area contributed by atoms with E-state index in [4.69, 9.17) is 4.74 Å². The molecule has 0 saturated heterocycles. The van der Waals surface area contributed by atoms with E-state index in [0.717, 1.165) is 13.0 Å². The van der Waals surface area contributed by atoms with E-state index in [1.165, 1.54) is 0 Å². The zero-order valence-electron chi connectivity index (χ0n) is 10.7. The van der Waals surface area contributed by atoms with E-state index in [1.54, 1.807) is 0 Å². The number of hydrogen-bond donors (Lipinski definition) is 1. The molecule has 1 unspecified atom stereocenters. The molecular weight excluding hydrogens is 190 g/mol. The van der Waals surface area contributed by atoms with Crippen LogP contribution < -0.4 is 5.32 Å². The van der Waals surface area contributed by atoms with Crippen molar-refractivity contribution in [1.29, 1.82) is 0 Å². The molecule has 0 fully saturated rings. The van der Waals surface area contributed by atoms with Crippen LogP contribution in [0.4, 0.5) is 0 Å². The first kappa shape index (κ1) is 14.4. The topological polar surface area (TPSA) is 38.3 Å². The summed E-state index contributed by atoms with van der Waals surface area (Å²) >= 11 is 0. The Bertz CT molecular complexity index is 192. The Morgan fingerprint density at radius 1 is 1.40 bits per heavy atom. The molecule has 0 aromatic carbocycles. The third kappa shape index (κ3) is 6.50. The molecule has 0 aromatic rings. The van der Waals surface area contributed by atoms with Crippen molar-refractivity contribution in [2.45, 2.75) is 53.0 Å². The Balaban J connectivity index is 4.29. The molecular formula is C12H25NO2. The lowest BCUT2D eigenvalue weighted by molar-refractivity contribution is -0.144. The van der Waals surface area contributed by atoms with Crippen molar-refractivity contribution >= 4 is 5.97 Å². The molecule has 90 valence electrons. The number of carbonyl (C=O) groups excluding carboxylic acids is 1. The zero-order chi connectivity index (χ0) is 11.9. The molecule has 0 radical (unpaired) electrons. The molecule has 0 aromatic heterocycles. The van der Waals surface area contributed by atoms with Crippen molar-refractivity contribution in [2.24, 2.45) is 5.92 Å². The van der Waals surface area contributed by atoms with Gasteiger partial charge in [0.15, 0.2) is 0 Å². The van der Waals surface area contributed by atoms with E-state index in [1.807, 2.05) is 6.92 Å². The van der Waals surface area contributed by atoms with E-state index in [9.17, 15) is 4.79 Å². The number of carbonyl (C=O) groups is 1. The van der Waals surface area contributed by atoms with Gasteiger partial charge in [0.1, 0.15) is 0 Å². The summed E-state index contributed by atoms with van der Waals surface area (Å²) in [6.07, 6.45) is 1.44. The van der Waals surface area contributed by atoms with Gasteiger partial charge >= 0.3 is 5.97 Å². The number of rotatable bonds is 7. The third-order valence-corrected chi connectivity index (χ3v) is 2.30. The highest BCUT2D eigenvalue weighted by Crippen LogP contribution is 2.20. The highest BCUT2D eigenvalue weighted by Gasteiger charge is 2.27. The van der Waals surface area contributed by atoms with Gasteiger partial charge in [0.05, 0.1) is 13.0 Å². The van der Waals surface area contributed by atoms with Crippen molar-refractivity contribution in [3.63, 3.8) is 0 Å². The van der Waals surface area contributed by atoms with Gasteiger partial charge in [-0.25, -0.2) is 0 Å². The van der Waals surface area contributed by atoms with E-state index >= 15 is 0 Å². The molecule has 1 atom stereocenters.